The first kappa shape index (κ1) is 11.2. The zero-order chi connectivity index (χ0) is 9.84. The number of hydrogen-bond donors (Lipinski definition) is 2. The van der Waals surface area contributed by atoms with E-state index in [0.29, 0.717) is 5.92 Å². The number of thiophene rings is 1. The molecule has 1 atom stereocenters. The number of hydrogen-bond acceptors (Lipinski definition) is 3. The topological polar surface area (TPSA) is 38.0 Å². The van der Waals surface area contributed by atoms with Crippen LogP contribution >= 0.6 is 27.3 Å². The lowest BCUT2D eigenvalue weighted by Crippen LogP contribution is -2.28. The summed E-state index contributed by atoms with van der Waals surface area (Å²) in [5.41, 5.74) is 2.85. The van der Waals surface area contributed by atoms with Crippen LogP contribution < -0.4 is 11.3 Å². The molecular weight excluding hydrogens is 248 g/mol. The lowest BCUT2D eigenvalue weighted by Gasteiger charge is -2.15. The molecule has 1 unspecified atom stereocenters. The summed E-state index contributed by atoms with van der Waals surface area (Å²) in [7, 11) is 0. The molecule has 1 aromatic rings. The van der Waals surface area contributed by atoms with Crippen LogP contribution in [0, 0.1) is 5.92 Å². The largest absolute Gasteiger partial charge is 0.271 e. The smallest absolute Gasteiger partial charge is 0.0556 e. The van der Waals surface area contributed by atoms with E-state index in [9.17, 15) is 0 Å². The Kier molecular flexibility index (Phi) is 4.38. The molecular formula is C9H15BrN2S. The third-order valence-electron chi connectivity index (χ3n) is 1.84. The van der Waals surface area contributed by atoms with Crippen molar-refractivity contribution < 1.29 is 0 Å². The number of nitrogens with one attached hydrogen (secondary N) is 1. The van der Waals surface area contributed by atoms with Crippen molar-refractivity contribution in [3.05, 3.63) is 20.8 Å². The first-order chi connectivity index (χ1) is 6.13. The van der Waals surface area contributed by atoms with Gasteiger partial charge in [-0.2, -0.15) is 0 Å². The normalized spacial score (nSPS) is 13.6. The van der Waals surface area contributed by atoms with E-state index < -0.39 is 0 Å². The highest BCUT2D eigenvalue weighted by atomic mass is 79.9. The summed E-state index contributed by atoms with van der Waals surface area (Å²) in [5, 5.41) is 2.08. The molecule has 0 aliphatic rings. The summed E-state index contributed by atoms with van der Waals surface area (Å²) >= 11 is 5.17. The molecule has 0 spiro atoms. The maximum atomic E-state index is 5.50. The summed E-state index contributed by atoms with van der Waals surface area (Å²) < 4.78 is 1.14. The molecule has 2 nitrogen and oxygen atoms in total. The quantitative estimate of drug-likeness (QED) is 0.647. The lowest BCUT2D eigenvalue weighted by atomic mass is 10.0. The monoisotopic (exact) mass is 262 g/mol. The van der Waals surface area contributed by atoms with Crippen molar-refractivity contribution >= 4 is 27.3 Å². The first-order valence-electron chi connectivity index (χ1n) is 4.33. The number of nitrogens with two attached hydrogens (primary N) is 1. The van der Waals surface area contributed by atoms with Crippen molar-refractivity contribution in [2.45, 2.75) is 26.3 Å². The molecule has 0 aromatic carbocycles. The highest BCUT2D eigenvalue weighted by Crippen LogP contribution is 2.28. The summed E-state index contributed by atoms with van der Waals surface area (Å²) in [6.45, 7) is 4.40. The number of hydrazine groups is 1. The molecule has 1 heterocycles. The van der Waals surface area contributed by atoms with E-state index in [2.05, 4.69) is 46.6 Å². The minimum absolute atomic E-state index is 0.288. The van der Waals surface area contributed by atoms with E-state index in [4.69, 9.17) is 5.84 Å². The standard InChI is InChI=1S/C9H15BrN2S/c1-6(2)3-8(12-11)9-4-7(10)5-13-9/h4-6,8,12H,3,11H2,1-2H3. The lowest BCUT2D eigenvalue weighted by molar-refractivity contribution is 0.443. The summed E-state index contributed by atoms with van der Waals surface area (Å²) in [6, 6.07) is 2.41. The van der Waals surface area contributed by atoms with Crippen molar-refractivity contribution in [1.82, 2.24) is 5.43 Å². The Labute approximate surface area is 91.6 Å². The van der Waals surface area contributed by atoms with Crippen molar-refractivity contribution in [1.29, 1.82) is 0 Å². The van der Waals surface area contributed by atoms with Crippen molar-refractivity contribution in [2.75, 3.05) is 0 Å². The van der Waals surface area contributed by atoms with Crippen molar-refractivity contribution in [2.24, 2.45) is 11.8 Å². The maximum absolute atomic E-state index is 5.50. The molecule has 3 N–H and O–H groups in total. The number of rotatable bonds is 4. The molecule has 74 valence electrons. The van der Waals surface area contributed by atoms with E-state index >= 15 is 0 Å². The molecule has 1 aromatic heterocycles. The molecule has 0 saturated heterocycles. The van der Waals surface area contributed by atoms with Gasteiger partial charge in [-0.3, -0.25) is 11.3 Å². The van der Waals surface area contributed by atoms with Gasteiger partial charge in [0, 0.05) is 14.7 Å². The zero-order valence-electron chi connectivity index (χ0n) is 7.88. The van der Waals surface area contributed by atoms with E-state index in [1.165, 1.54) is 4.88 Å². The van der Waals surface area contributed by atoms with Crippen molar-refractivity contribution in [3.63, 3.8) is 0 Å². The summed E-state index contributed by atoms with van der Waals surface area (Å²) in [6.07, 6.45) is 1.07. The van der Waals surface area contributed by atoms with Crippen LogP contribution in [0.4, 0.5) is 0 Å². The predicted octanol–water partition coefficient (Wildman–Crippen LogP) is 3.06. The molecule has 0 radical (unpaired) electrons. The fourth-order valence-corrected chi connectivity index (χ4v) is 2.77. The molecule has 13 heavy (non-hydrogen) atoms. The molecule has 1 rings (SSSR count). The van der Waals surface area contributed by atoms with E-state index in [1.54, 1.807) is 11.3 Å². The van der Waals surface area contributed by atoms with Crippen LogP contribution in [0.2, 0.25) is 0 Å². The van der Waals surface area contributed by atoms with Crippen LogP contribution in [0.5, 0.6) is 0 Å². The Hall–Kier alpha value is 0.1000. The Morgan fingerprint density at radius 3 is 2.69 bits per heavy atom. The Morgan fingerprint density at radius 1 is 1.62 bits per heavy atom. The molecule has 0 saturated carbocycles. The van der Waals surface area contributed by atoms with E-state index in [-0.39, 0.29) is 6.04 Å². The Bertz CT molecular complexity index is 260. The Morgan fingerprint density at radius 2 is 2.31 bits per heavy atom. The predicted molar refractivity (Wildman–Crippen MR) is 61.5 cm³/mol. The molecule has 0 fully saturated rings. The summed E-state index contributed by atoms with van der Waals surface area (Å²) in [4.78, 5) is 1.29. The number of halogens is 1. The van der Waals surface area contributed by atoms with Crippen LogP contribution in [0.3, 0.4) is 0 Å². The maximum Gasteiger partial charge on any atom is 0.0556 e. The minimum atomic E-state index is 0.288. The van der Waals surface area contributed by atoms with E-state index in [1.807, 2.05) is 0 Å². The second-order valence-corrected chi connectivity index (χ2v) is 5.37. The molecule has 0 amide bonds. The molecule has 0 bridgehead atoms. The van der Waals surface area contributed by atoms with Gasteiger partial charge in [-0.25, -0.2) is 0 Å². The van der Waals surface area contributed by atoms with Crippen LogP contribution in [-0.2, 0) is 0 Å². The van der Waals surface area contributed by atoms with Gasteiger partial charge >= 0.3 is 0 Å². The second kappa shape index (κ2) is 5.10. The fraction of sp³-hybridized carbons (Fsp3) is 0.556. The van der Waals surface area contributed by atoms with Crippen LogP contribution in [0.15, 0.2) is 15.9 Å². The molecule has 4 heteroatoms. The zero-order valence-corrected chi connectivity index (χ0v) is 10.3. The Balaban J connectivity index is 2.66. The van der Waals surface area contributed by atoms with Crippen molar-refractivity contribution in [3.8, 4) is 0 Å². The van der Waals surface area contributed by atoms with Gasteiger partial charge in [-0.1, -0.05) is 13.8 Å². The average molecular weight is 263 g/mol. The second-order valence-electron chi connectivity index (χ2n) is 3.52. The fourth-order valence-electron chi connectivity index (χ4n) is 1.25. The van der Waals surface area contributed by atoms with Gasteiger partial charge in [0.25, 0.3) is 0 Å². The van der Waals surface area contributed by atoms with Crippen LogP contribution in [-0.4, -0.2) is 0 Å². The highest BCUT2D eigenvalue weighted by Gasteiger charge is 2.13. The SMILES string of the molecule is CC(C)CC(NN)c1cc(Br)cs1. The van der Waals surface area contributed by atoms with Gasteiger partial charge in [0.2, 0.25) is 0 Å². The minimum Gasteiger partial charge on any atom is -0.271 e. The average Bonchev–Trinajstić information content (AvgIpc) is 2.47. The van der Waals surface area contributed by atoms with Gasteiger partial charge in [-0.15, -0.1) is 11.3 Å². The van der Waals surface area contributed by atoms with Gasteiger partial charge < -0.3 is 0 Å². The van der Waals surface area contributed by atoms with E-state index in [0.717, 1.165) is 10.9 Å². The molecule has 0 aliphatic heterocycles. The van der Waals surface area contributed by atoms with Crippen LogP contribution in [0.25, 0.3) is 0 Å². The highest BCUT2D eigenvalue weighted by molar-refractivity contribution is 9.10. The third kappa shape index (κ3) is 3.38. The van der Waals surface area contributed by atoms with Crippen LogP contribution in [0.1, 0.15) is 31.2 Å². The molecule has 0 aliphatic carbocycles. The third-order valence-corrected chi connectivity index (χ3v) is 3.65. The van der Waals surface area contributed by atoms with Gasteiger partial charge in [0.05, 0.1) is 6.04 Å². The summed E-state index contributed by atoms with van der Waals surface area (Å²) in [5.74, 6) is 6.16. The van der Waals surface area contributed by atoms with Gasteiger partial charge in [-0.05, 0) is 34.3 Å². The van der Waals surface area contributed by atoms with Gasteiger partial charge in [0.15, 0.2) is 0 Å². The van der Waals surface area contributed by atoms with Gasteiger partial charge in [0.1, 0.15) is 0 Å². The first-order valence-corrected chi connectivity index (χ1v) is 6.00.